The molecular weight excluding hydrogens is 288 g/mol. The third-order valence-corrected chi connectivity index (χ3v) is 4.58. The Kier molecular flexibility index (Phi) is 3.68. The van der Waals surface area contributed by atoms with E-state index in [0.717, 1.165) is 28.9 Å². The summed E-state index contributed by atoms with van der Waals surface area (Å²) in [5.41, 5.74) is 6.30. The van der Waals surface area contributed by atoms with E-state index in [1.807, 2.05) is 24.3 Å². The van der Waals surface area contributed by atoms with Gasteiger partial charge in [-0.1, -0.05) is 30.3 Å². The second kappa shape index (κ2) is 5.54. The van der Waals surface area contributed by atoms with Crippen molar-refractivity contribution < 1.29 is 9.59 Å². The molecule has 4 heteroatoms. The molecule has 118 valence electrons. The average Bonchev–Trinajstić information content (AvgIpc) is 2.90. The van der Waals surface area contributed by atoms with Crippen molar-refractivity contribution in [1.29, 1.82) is 0 Å². The summed E-state index contributed by atoms with van der Waals surface area (Å²) in [6.07, 6.45) is 0.776. The summed E-state index contributed by atoms with van der Waals surface area (Å²) in [7, 11) is 3.50. The van der Waals surface area contributed by atoms with Crippen LogP contribution in [0.4, 0.5) is 11.4 Å². The molecule has 0 N–H and O–H groups in total. The molecule has 2 amide bonds. The van der Waals surface area contributed by atoms with Gasteiger partial charge in [0.1, 0.15) is 0 Å². The van der Waals surface area contributed by atoms with E-state index in [9.17, 15) is 9.59 Å². The van der Waals surface area contributed by atoms with Crippen LogP contribution in [0.15, 0.2) is 36.4 Å². The van der Waals surface area contributed by atoms with Crippen LogP contribution in [0.25, 0.3) is 11.1 Å². The van der Waals surface area contributed by atoms with Crippen molar-refractivity contribution in [2.45, 2.75) is 20.3 Å². The second-order valence-electron chi connectivity index (χ2n) is 5.95. The molecule has 0 saturated heterocycles. The van der Waals surface area contributed by atoms with E-state index >= 15 is 0 Å². The molecular formula is C19H20N2O2. The van der Waals surface area contributed by atoms with E-state index in [-0.39, 0.29) is 11.8 Å². The largest absolute Gasteiger partial charge is 0.314 e. The lowest BCUT2D eigenvalue weighted by molar-refractivity contribution is -0.117. The van der Waals surface area contributed by atoms with Gasteiger partial charge >= 0.3 is 0 Å². The maximum Gasteiger partial charge on any atom is 0.223 e. The minimum absolute atomic E-state index is 0.0486. The summed E-state index contributed by atoms with van der Waals surface area (Å²) < 4.78 is 0. The van der Waals surface area contributed by atoms with Crippen LogP contribution in [0, 0.1) is 0 Å². The summed E-state index contributed by atoms with van der Waals surface area (Å²) >= 11 is 0. The van der Waals surface area contributed by atoms with Gasteiger partial charge in [0.25, 0.3) is 0 Å². The molecule has 2 aromatic carbocycles. The van der Waals surface area contributed by atoms with Crippen molar-refractivity contribution in [2.75, 3.05) is 23.9 Å². The molecule has 0 radical (unpaired) electrons. The second-order valence-corrected chi connectivity index (χ2v) is 5.95. The molecule has 0 aromatic heterocycles. The van der Waals surface area contributed by atoms with Gasteiger partial charge in [-0.15, -0.1) is 0 Å². The van der Waals surface area contributed by atoms with Crippen molar-refractivity contribution in [2.24, 2.45) is 0 Å². The zero-order chi connectivity index (χ0) is 16.7. The lowest BCUT2D eigenvalue weighted by Gasteiger charge is -2.27. The predicted molar refractivity (Wildman–Crippen MR) is 92.9 cm³/mol. The molecule has 1 aliphatic carbocycles. The fourth-order valence-electron chi connectivity index (χ4n) is 3.15. The lowest BCUT2D eigenvalue weighted by atomic mass is 10.0. The fraction of sp³-hybridized carbons (Fsp3) is 0.263. The summed E-state index contributed by atoms with van der Waals surface area (Å²) in [4.78, 5) is 27.0. The van der Waals surface area contributed by atoms with Crippen molar-refractivity contribution in [3.8, 4) is 11.1 Å². The number of fused-ring (bicyclic) bond motifs is 3. The van der Waals surface area contributed by atoms with Crippen molar-refractivity contribution in [1.82, 2.24) is 0 Å². The smallest absolute Gasteiger partial charge is 0.223 e. The van der Waals surface area contributed by atoms with Gasteiger partial charge in [0.05, 0.1) is 11.4 Å². The first kappa shape index (κ1) is 15.3. The molecule has 0 heterocycles. The topological polar surface area (TPSA) is 40.6 Å². The van der Waals surface area contributed by atoms with Gasteiger partial charge in [-0.2, -0.15) is 0 Å². The van der Waals surface area contributed by atoms with Crippen molar-refractivity contribution in [3.05, 3.63) is 47.5 Å². The molecule has 0 saturated carbocycles. The number of benzene rings is 2. The van der Waals surface area contributed by atoms with Crippen LogP contribution in [0.5, 0.6) is 0 Å². The zero-order valence-corrected chi connectivity index (χ0v) is 13.9. The molecule has 0 bridgehead atoms. The highest BCUT2D eigenvalue weighted by molar-refractivity contribution is 6.03. The Balaban J connectivity index is 2.25. The van der Waals surface area contributed by atoms with E-state index in [4.69, 9.17) is 0 Å². The predicted octanol–water partition coefficient (Wildman–Crippen LogP) is 3.22. The highest BCUT2D eigenvalue weighted by Crippen LogP contribution is 2.45. The third kappa shape index (κ3) is 2.40. The fourth-order valence-corrected chi connectivity index (χ4v) is 3.15. The van der Waals surface area contributed by atoms with Gasteiger partial charge in [0.15, 0.2) is 0 Å². The Hall–Kier alpha value is -2.62. The molecule has 0 fully saturated rings. The minimum atomic E-state index is -0.0568. The molecule has 1 aliphatic rings. The monoisotopic (exact) mass is 308 g/mol. The highest BCUT2D eigenvalue weighted by atomic mass is 16.2. The first-order chi connectivity index (χ1) is 10.9. The van der Waals surface area contributed by atoms with Gasteiger partial charge in [-0.3, -0.25) is 9.59 Å². The van der Waals surface area contributed by atoms with Crippen LogP contribution < -0.4 is 9.80 Å². The minimum Gasteiger partial charge on any atom is -0.314 e. The van der Waals surface area contributed by atoms with Gasteiger partial charge in [-0.25, -0.2) is 0 Å². The average molecular weight is 308 g/mol. The maximum absolute atomic E-state index is 12.0. The summed E-state index contributed by atoms with van der Waals surface area (Å²) in [6, 6.07) is 12.2. The highest BCUT2D eigenvalue weighted by Gasteiger charge is 2.27. The lowest BCUT2D eigenvalue weighted by Crippen LogP contribution is -2.30. The first-order valence-electron chi connectivity index (χ1n) is 7.64. The van der Waals surface area contributed by atoms with Gasteiger partial charge in [0, 0.05) is 34.4 Å². The third-order valence-electron chi connectivity index (χ3n) is 4.58. The Bertz CT molecular complexity index is 811. The van der Waals surface area contributed by atoms with Crippen molar-refractivity contribution >= 4 is 23.2 Å². The van der Waals surface area contributed by atoms with E-state index in [2.05, 4.69) is 12.1 Å². The number of hydrogen-bond donors (Lipinski definition) is 0. The van der Waals surface area contributed by atoms with E-state index in [0.29, 0.717) is 0 Å². The molecule has 0 spiro atoms. The molecule has 0 aliphatic heterocycles. The first-order valence-corrected chi connectivity index (χ1v) is 7.64. The molecule has 0 atom stereocenters. The van der Waals surface area contributed by atoms with Gasteiger partial charge in [-0.05, 0) is 28.3 Å². The number of carbonyl (C=O) groups excluding carboxylic acids is 2. The maximum atomic E-state index is 12.0. The van der Waals surface area contributed by atoms with Crippen LogP contribution in [-0.4, -0.2) is 25.9 Å². The number of nitrogens with zero attached hydrogens (tertiary/aromatic N) is 2. The summed E-state index contributed by atoms with van der Waals surface area (Å²) in [5.74, 6) is -0.105. The van der Waals surface area contributed by atoms with Crippen LogP contribution in [0.3, 0.4) is 0 Å². The van der Waals surface area contributed by atoms with Crippen molar-refractivity contribution in [3.63, 3.8) is 0 Å². The van der Waals surface area contributed by atoms with E-state index < -0.39 is 0 Å². The Morgan fingerprint density at radius 1 is 0.870 bits per heavy atom. The normalized spacial score (nSPS) is 11.7. The molecule has 4 nitrogen and oxygen atoms in total. The Morgan fingerprint density at radius 2 is 1.52 bits per heavy atom. The SMILES string of the molecule is CC(=O)N(C)c1ccc2c(c1N(C)C(C)=O)Cc1ccccc1-2. The number of rotatable bonds is 2. The molecule has 0 unspecified atom stereocenters. The number of hydrogen-bond acceptors (Lipinski definition) is 2. The molecule has 2 aromatic rings. The van der Waals surface area contributed by atoms with E-state index in [1.165, 1.54) is 18.1 Å². The number of amides is 2. The molecule has 23 heavy (non-hydrogen) atoms. The van der Waals surface area contributed by atoms with Crippen LogP contribution >= 0.6 is 0 Å². The zero-order valence-electron chi connectivity index (χ0n) is 13.9. The van der Waals surface area contributed by atoms with Crippen LogP contribution in [0.1, 0.15) is 25.0 Å². The number of carbonyl (C=O) groups is 2. The Morgan fingerprint density at radius 3 is 2.17 bits per heavy atom. The quantitative estimate of drug-likeness (QED) is 0.729. The Labute approximate surface area is 136 Å². The summed E-state index contributed by atoms with van der Waals surface area (Å²) in [6.45, 7) is 3.07. The van der Waals surface area contributed by atoms with Crippen LogP contribution in [-0.2, 0) is 16.0 Å². The molecule has 3 rings (SSSR count). The van der Waals surface area contributed by atoms with Crippen LogP contribution in [0.2, 0.25) is 0 Å². The summed E-state index contributed by atoms with van der Waals surface area (Å²) in [5, 5.41) is 0. The number of anilines is 2. The van der Waals surface area contributed by atoms with Gasteiger partial charge < -0.3 is 9.80 Å². The van der Waals surface area contributed by atoms with Gasteiger partial charge in [0.2, 0.25) is 11.8 Å². The standard InChI is InChI=1S/C19H20N2O2/c1-12(22)20(3)18-10-9-16-15-8-6-5-7-14(15)11-17(16)19(18)21(4)13(2)23/h5-10H,11H2,1-4H3. The van der Waals surface area contributed by atoms with E-state index in [1.54, 1.807) is 30.8 Å².